The Balaban J connectivity index is 2.11. The molecule has 1 atom stereocenters. The number of carbonyl (C=O) groups excluding carboxylic acids is 1. The average molecular weight is 206 g/mol. The first kappa shape index (κ1) is 10.0. The predicted octanol–water partition coefficient (Wildman–Crippen LogP) is 0.0425. The molecule has 0 radical (unpaired) electrons. The van der Waals surface area contributed by atoms with E-state index in [9.17, 15) is 4.79 Å². The molecule has 1 aromatic heterocycles. The third kappa shape index (κ3) is 2.30. The van der Waals surface area contributed by atoms with Gasteiger partial charge in [0.2, 0.25) is 0 Å². The molecule has 0 aliphatic carbocycles. The van der Waals surface area contributed by atoms with Crippen molar-refractivity contribution in [2.24, 2.45) is 5.73 Å². The van der Waals surface area contributed by atoms with Crippen molar-refractivity contribution < 1.29 is 4.79 Å². The van der Waals surface area contributed by atoms with Crippen LogP contribution in [-0.2, 0) is 0 Å². The van der Waals surface area contributed by atoms with E-state index in [1.54, 1.807) is 0 Å². The van der Waals surface area contributed by atoms with Gasteiger partial charge in [0, 0.05) is 24.9 Å². The maximum absolute atomic E-state index is 10.8. The number of primary amides is 1. The number of amides is 1. The van der Waals surface area contributed by atoms with Gasteiger partial charge in [0.1, 0.15) is 5.82 Å². The van der Waals surface area contributed by atoms with Crippen LogP contribution in [0.15, 0.2) is 12.4 Å². The Hall–Kier alpha value is -1.49. The molecule has 1 amide bonds. The molecular formula is C10H14N4O. The lowest BCUT2D eigenvalue weighted by Gasteiger charge is -2.21. The number of carbonyl (C=O) groups is 1. The van der Waals surface area contributed by atoms with Crippen molar-refractivity contribution in [2.75, 3.05) is 13.1 Å². The highest BCUT2D eigenvalue weighted by Gasteiger charge is 2.17. The van der Waals surface area contributed by atoms with Crippen LogP contribution in [0.25, 0.3) is 0 Å². The van der Waals surface area contributed by atoms with Crippen LogP contribution in [0, 0.1) is 0 Å². The summed E-state index contributed by atoms with van der Waals surface area (Å²) in [5.41, 5.74) is 5.47. The summed E-state index contributed by atoms with van der Waals surface area (Å²) < 4.78 is 0. The molecule has 15 heavy (non-hydrogen) atoms. The Labute approximate surface area is 88.1 Å². The van der Waals surface area contributed by atoms with Gasteiger partial charge in [-0.25, -0.2) is 9.97 Å². The second kappa shape index (κ2) is 4.35. The quantitative estimate of drug-likeness (QED) is 0.716. The summed E-state index contributed by atoms with van der Waals surface area (Å²) in [6, 6.07) is 0. The lowest BCUT2D eigenvalue weighted by atomic mass is 9.99. The first-order valence-electron chi connectivity index (χ1n) is 5.10. The average Bonchev–Trinajstić information content (AvgIpc) is 2.30. The Kier molecular flexibility index (Phi) is 2.91. The van der Waals surface area contributed by atoms with Gasteiger partial charge in [-0.05, 0) is 19.4 Å². The van der Waals surface area contributed by atoms with Crippen LogP contribution in [0.3, 0.4) is 0 Å². The van der Waals surface area contributed by atoms with Gasteiger partial charge >= 0.3 is 0 Å². The Morgan fingerprint density at radius 2 is 2.20 bits per heavy atom. The standard InChI is InChI=1S/C10H14N4O/c11-9(15)8-5-13-10(14-6-8)7-2-1-3-12-4-7/h5-7,12H,1-4H2,(H2,11,15)/t7-/m1/s1. The molecule has 0 spiro atoms. The van der Waals surface area contributed by atoms with Gasteiger partial charge in [-0.15, -0.1) is 0 Å². The molecule has 0 bridgehead atoms. The molecule has 1 fully saturated rings. The van der Waals surface area contributed by atoms with Crippen molar-refractivity contribution in [3.05, 3.63) is 23.8 Å². The molecule has 2 rings (SSSR count). The maximum Gasteiger partial charge on any atom is 0.251 e. The summed E-state index contributed by atoms with van der Waals surface area (Å²) in [6.07, 6.45) is 5.24. The predicted molar refractivity (Wildman–Crippen MR) is 55.4 cm³/mol. The normalized spacial score (nSPS) is 21.2. The highest BCUT2D eigenvalue weighted by atomic mass is 16.1. The third-order valence-electron chi connectivity index (χ3n) is 2.62. The van der Waals surface area contributed by atoms with Crippen LogP contribution >= 0.6 is 0 Å². The molecule has 0 unspecified atom stereocenters. The third-order valence-corrected chi connectivity index (χ3v) is 2.62. The SMILES string of the molecule is NC(=O)c1cnc([C@@H]2CCCNC2)nc1. The van der Waals surface area contributed by atoms with Gasteiger partial charge in [0.15, 0.2) is 0 Å². The van der Waals surface area contributed by atoms with Crippen molar-refractivity contribution >= 4 is 5.91 Å². The fourth-order valence-corrected chi connectivity index (χ4v) is 1.75. The lowest BCUT2D eigenvalue weighted by Crippen LogP contribution is -2.29. The molecule has 1 aromatic rings. The number of nitrogens with zero attached hydrogens (tertiary/aromatic N) is 2. The van der Waals surface area contributed by atoms with E-state index in [1.165, 1.54) is 12.4 Å². The summed E-state index contributed by atoms with van der Waals surface area (Å²) in [7, 11) is 0. The lowest BCUT2D eigenvalue weighted by molar-refractivity contribution is 0.0999. The van der Waals surface area contributed by atoms with Crippen LogP contribution in [0.1, 0.15) is 34.9 Å². The first-order chi connectivity index (χ1) is 7.27. The zero-order valence-electron chi connectivity index (χ0n) is 8.44. The fraction of sp³-hybridized carbons (Fsp3) is 0.500. The van der Waals surface area contributed by atoms with Gasteiger partial charge in [-0.3, -0.25) is 4.79 Å². The number of aromatic nitrogens is 2. The molecule has 80 valence electrons. The largest absolute Gasteiger partial charge is 0.366 e. The van der Waals surface area contributed by atoms with Gasteiger partial charge < -0.3 is 11.1 Å². The first-order valence-corrected chi connectivity index (χ1v) is 5.10. The molecule has 5 nitrogen and oxygen atoms in total. The second-order valence-electron chi connectivity index (χ2n) is 3.74. The molecule has 2 heterocycles. The van der Waals surface area contributed by atoms with Gasteiger partial charge in [-0.1, -0.05) is 0 Å². The monoisotopic (exact) mass is 206 g/mol. The van der Waals surface area contributed by atoms with Crippen molar-refractivity contribution in [2.45, 2.75) is 18.8 Å². The molecular weight excluding hydrogens is 192 g/mol. The molecule has 0 saturated carbocycles. The minimum atomic E-state index is -0.483. The van der Waals surface area contributed by atoms with Crippen molar-refractivity contribution in [1.82, 2.24) is 15.3 Å². The Bertz CT molecular complexity index is 343. The minimum absolute atomic E-state index is 0.362. The Morgan fingerprint density at radius 3 is 2.73 bits per heavy atom. The molecule has 5 heteroatoms. The number of rotatable bonds is 2. The van der Waals surface area contributed by atoms with Crippen molar-refractivity contribution in [3.8, 4) is 0 Å². The van der Waals surface area contributed by atoms with E-state index in [-0.39, 0.29) is 0 Å². The van der Waals surface area contributed by atoms with Crippen molar-refractivity contribution in [3.63, 3.8) is 0 Å². The topological polar surface area (TPSA) is 80.9 Å². The number of piperidine rings is 1. The Morgan fingerprint density at radius 1 is 1.47 bits per heavy atom. The zero-order chi connectivity index (χ0) is 10.7. The van der Waals surface area contributed by atoms with E-state index in [0.29, 0.717) is 11.5 Å². The molecule has 3 N–H and O–H groups in total. The van der Waals surface area contributed by atoms with Gasteiger partial charge in [0.05, 0.1) is 5.56 Å². The zero-order valence-corrected chi connectivity index (χ0v) is 8.44. The fourth-order valence-electron chi connectivity index (χ4n) is 1.75. The molecule has 1 saturated heterocycles. The summed E-state index contributed by atoms with van der Waals surface area (Å²) in [4.78, 5) is 19.2. The van der Waals surface area contributed by atoms with Crippen LogP contribution in [0.4, 0.5) is 0 Å². The molecule has 1 aliphatic rings. The van der Waals surface area contributed by atoms with Gasteiger partial charge in [0.25, 0.3) is 5.91 Å². The minimum Gasteiger partial charge on any atom is -0.366 e. The van der Waals surface area contributed by atoms with E-state index < -0.39 is 5.91 Å². The molecule has 1 aliphatic heterocycles. The summed E-state index contributed by atoms with van der Waals surface area (Å²) in [5.74, 6) is 0.677. The van der Waals surface area contributed by atoms with Crippen LogP contribution < -0.4 is 11.1 Å². The van der Waals surface area contributed by atoms with E-state index >= 15 is 0 Å². The highest BCUT2D eigenvalue weighted by Crippen LogP contribution is 2.19. The van der Waals surface area contributed by atoms with Crippen LogP contribution in [0.5, 0.6) is 0 Å². The number of hydrogen-bond acceptors (Lipinski definition) is 4. The number of hydrogen-bond donors (Lipinski definition) is 2. The van der Waals surface area contributed by atoms with E-state index in [1.807, 2.05) is 0 Å². The summed E-state index contributed by atoms with van der Waals surface area (Å²) >= 11 is 0. The highest BCUT2D eigenvalue weighted by molar-refractivity contribution is 5.92. The van der Waals surface area contributed by atoms with Crippen LogP contribution in [0.2, 0.25) is 0 Å². The number of nitrogens with two attached hydrogens (primary N) is 1. The van der Waals surface area contributed by atoms with Gasteiger partial charge in [-0.2, -0.15) is 0 Å². The van der Waals surface area contributed by atoms with E-state index in [4.69, 9.17) is 5.73 Å². The van der Waals surface area contributed by atoms with E-state index in [0.717, 1.165) is 31.8 Å². The summed E-state index contributed by atoms with van der Waals surface area (Å²) in [5, 5.41) is 3.30. The smallest absolute Gasteiger partial charge is 0.251 e. The number of nitrogens with one attached hydrogen (secondary N) is 1. The van der Waals surface area contributed by atoms with Crippen LogP contribution in [-0.4, -0.2) is 29.0 Å². The maximum atomic E-state index is 10.8. The molecule has 0 aromatic carbocycles. The second-order valence-corrected chi connectivity index (χ2v) is 3.74. The van der Waals surface area contributed by atoms with Crippen molar-refractivity contribution in [1.29, 1.82) is 0 Å². The summed E-state index contributed by atoms with van der Waals surface area (Å²) in [6.45, 7) is 1.98. The van der Waals surface area contributed by atoms with E-state index in [2.05, 4.69) is 15.3 Å².